The van der Waals surface area contributed by atoms with Crippen LogP contribution in [-0.2, 0) is 4.74 Å². The first-order chi connectivity index (χ1) is 12.0. The Morgan fingerprint density at radius 2 is 2.12 bits per heavy atom. The standard InChI is InChI=1S/C18H20FN5O/c1-11-10-25-12(2)9-24(11)17-7-16(22-18(21-3)23-17)13-4-5-14(8-20)15(19)6-13/h4-7,11-12H,9-10H2,1-3H3,(H,21,22,23)/t11-,12-/m1/s1. The molecule has 2 aromatic rings. The molecule has 0 spiro atoms. The average molecular weight is 341 g/mol. The van der Waals surface area contributed by atoms with E-state index in [1.165, 1.54) is 12.1 Å². The van der Waals surface area contributed by atoms with Gasteiger partial charge in [0.1, 0.15) is 17.7 Å². The third kappa shape index (κ3) is 3.54. The zero-order valence-corrected chi connectivity index (χ0v) is 14.5. The van der Waals surface area contributed by atoms with Crippen molar-refractivity contribution in [1.29, 1.82) is 5.26 Å². The first-order valence-corrected chi connectivity index (χ1v) is 8.17. The predicted octanol–water partition coefficient (Wildman–Crippen LogP) is 2.81. The highest BCUT2D eigenvalue weighted by atomic mass is 19.1. The molecule has 130 valence electrons. The van der Waals surface area contributed by atoms with Crippen molar-refractivity contribution in [1.82, 2.24) is 9.97 Å². The number of aromatic nitrogens is 2. The highest BCUT2D eigenvalue weighted by Crippen LogP contribution is 2.27. The molecule has 1 N–H and O–H groups in total. The number of nitrogens with one attached hydrogen (secondary N) is 1. The molecule has 7 heteroatoms. The molecule has 0 aliphatic carbocycles. The van der Waals surface area contributed by atoms with Gasteiger partial charge < -0.3 is 15.0 Å². The number of morpholine rings is 1. The smallest absolute Gasteiger partial charge is 0.224 e. The average Bonchev–Trinajstić information content (AvgIpc) is 2.63. The molecule has 0 amide bonds. The monoisotopic (exact) mass is 341 g/mol. The van der Waals surface area contributed by atoms with Crippen LogP contribution in [0.4, 0.5) is 16.2 Å². The number of ether oxygens (including phenoxy) is 1. The van der Waals surface area contributed by atoms with Crippen LogP contribution in [0.25, 0.3) is 11.3 Å². The summed E-state index contributed by atoms with van der Waals surface area (Å²) in [7, 11) is 1.74. The quantitative estimate of drug-likeness (QED) is 0.925. The topological polar surface area (TPSA) is 74.1 Å². The van der Waals surface area contributed by atoms with Crippen molar-refractivity contribution in [3.8, 4) is 17.3 Å². The minimum absolute atomic E-state index is 0.0162. The van der Waals surface area contributed by atoms with E-state index in [0.717, 1.165) is 12.4 Å². The van der Waals surface area contributed by atoms with Gasteiger partial charge in [0.2, 0.25) is 5.95 Å². The fraction of sp³-hybridized carbons (Fsp3) is 0.389. The summed E-state index contributed by atoms with van der Waals surface area (Å²) in [5.74, 6) is 0.671. The summed E-state index contributed by atoms with van der Waals surface area (Å²) in [6.45, 7) is 5.45. The Balaban J connectivity index is 2.03. The van der Waals surface area contributed by atoms with Crippen molar-refractivity contribution in [3.05, 3.63) is 35.6 Å². The summed E-state index contributed by atoms with van der Waals surface area (Å²) in [6, 6.07) is 8.34. The van der Waals surface area contributed by atoms with Crippen LogP contribution in [0.2, 0.25) is 0 Å². The number of hydrogen-bond donors (Lipinski definition) is 1. The highest BCUT2D eigenvalue weighted by molar-refractivity contribution is 5.66. The predicted molar refractivity (Wildman–Crippen MR) is 93.9 cm³/mol. The molecule has 0 bridgehead atoms. The second kappa shape index (κ2) is 7.03. The van der Waals surface area contributed by atoms with Crippen molar-refractivity contribution >= 4 is 11.8 Å². The first-order valence-electron chi connectivity index (χ1n) is 8.17. The van der Waals surface area contributed by atoms with E-state index in [4.69, 9.17) is 10.00 Å². The molecule has 1 aliphatic heterocycles. The molecule has 3 rings (SSSR count). The highest BCUT2D eigenvalue weighted by Gasteiger charge is 2.25. The van der Waals surface area contributed by atoms with Gasteiger partial charge >= 0.3 is 0 Å². The van der Waals surface area contributed by atoms with Crippen LogP contribution >= 0.6 is 0 Å². The molecule has 2 atom stereocenters. The summed E-state index contributed by atoms with van der Waals surface area (Å²) in [5.41, 5.74) is 1.22. The molecular weight excluding hydrogens is 321 g/mol. The number of hydrogen-bond acceptors (Lipinski definition) is 6. The SMILES string of the molecule is CNc1nc(-c2ccc(C#N)c(F)c2)cc(N2C[C@@H](C)OC[C@H]2C)n1. The molecular formula is C18H20FN5O. The summed E-state index contributed by atoms with van der Waals surface area (Å²) in [6.07, 6.45) is 0.111. The van der Waals surface area contributed by atoms with E-state index >= 15 is 0 Å². The second-order valence-electron chi connectivity index (χ2n) is 6.14. The van der Waals surface area contributed by atoms with Gasteiger partial charge in [0.25, 0.3) is 0 Å². The fourth-order valence-electron chi connectivity index (χ4n) is 2.83. The minimum atomic E-state index is -0.556. The summed E-state index contributed by atoms with van der Waals surface area (Å²) in [4.78, 5) is 11.1. The Hall–Kier alpha value is -2.72. The normalized spacial score (nSPS) is 20.2. The van der Waals surface area contributed by atoms with Crippen LogP contribution in [0, 0.1) is 17.1 Å². The van der Waals surface area contributed by atoms with Gasteiger partial charge in [0.05, 0.1) is 30.0 Å². The molecule has 1 fully saturated rings. The fourth-order valence-corrected chi connectivity index (χ4v) is 2.83. The lowest BCUT2D eigenvalue weighted by atomic mass is 10.1. The van der Waals surface area contributed by atoms with Gasteiger partial charge in [-0.1, -0.05) is 6.07 Å². The second-order valence-corrected chi connectivity index (χ2v) is 6.14. The molecule has 25 heavy (non-hydrogen) atoms. The Morgan fingerprint density at radius 1 is 1.32 bits per heavy atom. The number of halogens is 1. The summed E-state index contributed by atoms with van der Waals surface area (Å²) < 4.78 is 19.7. The number of rotatable bonds is 3. The van der Waals surface area contributed by atoms with Gasteiger partial charge in [-0.15, -0.1) is 0 Å². The van der Waals surface area contributed by atoms with Gasteiger partial charge in [0.15, 0.2) is 0 Å². The van der Waals surface area contributed by atoms with Gasteiger partial charge in [-0.25, -0.2) is 9.37 Å². The number of nitrogens with zero attached hydrogens (tertiary/aromatic N) is 4. The van der Waals surface area contributed by atoms with Gasteiger partial charge in [-0.2, -0.15) is 10.2 Å². The van der Waals surface area contributed by atoms with E-state index in [-0.39, 0.29) is 17.7 Å². The third-order valence-electron chi connectivity index (χ3n) is 4.22. The molecule has 0 unspecified atom stereocenters. The van der Waals surface area contributed by atoms with E-state index in [9.17, 15) is 4.39 Å². The number of nitriles is 1. The van der Waals surface area contributed by atoms with Gasteiger partial charge in [-0.3, -0.25) is 0 Å². The van der Waals surface area contributed by atoms with E-state index < -0.39 is 5.82 Å². The van der Waals surface area contributed by atoms with Crippen LogP contribution in [-0.4, -0.2) is 42.3 Å². The lowest BCUT2D eigenvalue weighted by Gasteiger charge is -2.37. The maximum absolute atomic E-state index is 14.0. The molecule has 0 radical (unpaired) electrons. The molecule has 1 aromatic carbocycles. The molecule has 0 saturated carbocycles. The molecule has 2 heterocycles. The van der Waals surface area contributed by atoms with Crippen LogP contribution in [0.1, 0.15) is 19.4 Å². The lowest BCUT2D eigenvalue weighted by molar-refractivity contribution is 0.0340. The zero-order valence-electron chi connectivity index (χ0n) is 14.5. The van der Waals surface area contributed by atoms with Crippen LogP contribution in [0.3, 0.4) is 0 Å². The molecule has 6 nitrogen and oxygen atoms in total. The molecule has 1 aromatic heterocycles. The van der Waals surface area contributed by atoms with Gasteiger partial charge in [-0.05, 0) is 26.0 Å². The Labute approximate surface area is 146 Å². The lowest BCUT2D eigenvalue weighted by Crippen LogP contribution is -2.47. The number of anilines is 2. The largest absolute Gasteiger partial charge is 0.375 e. The minimum Gasteiger partial charge on any atom is -0.375 e. The summed E-state index contributed by atoms with van der Waals surface area (Å²) >= 11 is 0. The van der Waals surface area contributed by atoms with Crippen molar-refractivity contribution in [2.24, 2.45) is 0 Å². The Bertz CT molecular complexity index is 820. The van der Waals surface area contributed by atoms with E-state index in [2.05, 4.69) is 27.1 Å². The Kier molecular flexibility index (Phi) is 4.81. The van der Waals surface area contributed by atoms with Gasteiger partial charge in [0, 0.05) is 25.2 Å². The van der Waals surface area contributed by atoms with E-state index in [0.29, 0.717) is 23.8 Å². The van der Waals surface area contributed by atoms with Crippen molar-refractivity contribution in [3.63, 3.8) is 0 Å². The molecule has 1 aliphatic rings. The number of benzene rings is 1. The maximum Gasteiger partial charge on any atom is 0.224 e. The van der Waals surface area contributed by atoms with Crippen molar-refractivity contribution in [2.45, 2.75) is 26.0 Å². The third-order valence-corrected chi connectivity index (χ3v) is 4.22. The molecule has 1 saturated heterocycles. The summed E-state index contributed by atoms with van der Waals surface area (Å²) in [5, 5.41) is 11.8. The first kappa shape index (κ1) is 17.1. The maximum atomic E-state index is 14.0. The van der Waals surface area contributed by atoms with Crippen LogP contribution < -0.4 is 10.2 Å². The van der Waals surface area contributed by atoms with Crippen LogP contribution in [0.5, 0.6) is 0 Å². The Morgan fingerprint density at radius 3 is 2.80 bits per heavy atom. The van der Waals surface area contributed by atoms with Crippen LogP contribution in [0.15, 0.2) is 24.3 Å². The van der Waals surface area contributed by atoms with Crippen molar-refractivity contribution < 1.29 is 9.13 Å². The van der Waals surface area contributed by atoms with E-state index in [1.807, 2.05) is 19.1 Å². The van der Waals surface area contributed by atoms with Crippen molar-refractivity contribution in [2.75, 3.05) is 30.4 Å². The van der Waals surface area contributed by atoms with E-state index in [1.54, 1.807) is 13.1 Å². The zero-order chi connectivity index (χ0) is 18.0.